The minimum absolute atomic E-state index is 0.241. The molecule has 3 aromatic carbocycles. The maximum atomic E-state index is 13.0. The van der Waals surface area contributed by atoms with E-state index in [4.69, 9.17) is 0 Å². The van der Waals surface area contributed by atoms with Crippen molar-refractivity contribution in [1.82, 2.24) is 9.55 Å². The number of aromatic nitrogens is 2. The summed E-state index contributed by atoms with van der Waals surface area (Å²) in [5.74, 6) is -0.400. The largest absolute Gasteiger partial charge is 0.333 e. The molecule has 30 heavy (non-hydrogen) atoms. The molecule has 1 amide bonds. The first kappa shape index (κ1) is 18.4. The molecule has 8 heteroatoms. The minimum atomic E-state index is -3.77. The lowest BCUT2D eigenvalue weighted by Crippen LogP contribution is -2.35. The molecule has 1 N–H and O–H groups in total. The molecule has 0 spiro atoms. The van der Waals surface area contributed by atoms with Crippen LogP contribution in [0.4, 0.5) is 11.4 Å². The predicted octanol–water partition coefficient (Wildman–Crippen LogP) is 3.23. The highest BCUT2D eigenvalue weighted by Crippen LogP contribution is 2.41. The van der Waals surface area contributed by atoms with E-state index in [2.05, 4.69) is 10.3 Å². The molecule has 0 atom stereocenters. The number of nitrogens with zero attached hydrogens (tertiary/aromatic N) is 3. The number of hydrogen-bond acceptors (Lipinski definition) is 4. The third-order valence-electron chi connectivity index (χ3n) is 5.10. The van der Waals surface area contributed by atoms with Crippen LogP contribution in [0.1, 0.15) is 5.56 Å². The summed E-state index contributed by atoms with van der Waals surface area (Å²) in [5, 5.41) is 4.31. The topological polar surface area (TPSA) is 84.3 Å². The highest BCUT2D eigenvalue weighted by molar-refractivity contribution is 7.93. The zero-order chi connectivity index (χ0) is 20.7. The van der Waals surface area contributed by atoms with Crippen LogP contribution in [0.25, 0.3) is 10.8 Å². The van der Waals surface area contributed by atoms with Crippen LogP contribution in [0.5, 0.6) is 0 Å². The van der Waals surface area contributed by atoms with Gasteiger partial charge in [-0.15, -0.1) is 0 Å². The Morgan fingerprint density at radius 1 is 1.03 bits per heavy atom. The van der Waals surface area contributed by atoms with E-state index in [-0.39, 0.29) is 11.4 Å². The van der Waals surface area contributed by atoms with Crippen LogP contribution in [0.3, 0.4) is 0 Å². The molecule has 7 nitrogen and oxygen atoms in total. The van der Waals surface area contributed by atoms with Crippen LogP contribution in [0.2, 0.25) is 0 Å². The van der Waals surface area contributed by atoms with E-state index in [1.165, 1.54) is 4.31 Å². The van der Waals surface area contributed by atoms with E-state index in [1.807, 2.05) is 41.1 Å². The maximum Gasteiger partial charge on any atom is 0.265 e. The molecule has 0 aliphatic carbocycles. The number of rotatable bonds is 5. The molecule has 2 heterocycles. The SMILES string of the molecule is O=C(CN1c2cccc3cccc(c23)S1(=O)=O)Nc1cccc(Cn2ccnc2)c1. The first-order valence-corrected chi connectivity index (χ1v) is 10.9. The van der Waals surface area contributed by atoms with Crippen molar-refractivity contribution >= 4 is 38.1 Å². The highest BCUT2D eigenvalue weighted by Gasteiger charge is 2.36. The molecule has 0 bridgehead atoms. The van der Waals surface area contributed by atoms with Crippen LogP contribution >= 0.6 is 0 Å². The van der Waals surface area contributed by atoms with E-state index >= 15 is 0 Å². The fourth-order valence-electron chi connectivity index (χ4n) is 3.80. The molecule has 4 aromatic rings. The summed E-state index contributed by atoms with van der Waals surface area (Å²) in [6.45, 7) is 0.337. The molecule has 150 valence electrons. The second-order valence-corrected chi connectivity index (χ2v) is 8.96. The molecular weight excluding hydrogens is 400 g/mol. The summed E-state index contributed by atoms with van der Waals surface area (Å²) in [7, 11) is -3.77. The maximum absolute atomic E-state index is 13.0. The van der Waals surface area contributed by atoms with Gasteiger partial charge in [-0.1, -0.05) is 36.4 Å². The lowest BCUT2D eigenvalue weighted by Gasteiger charge is -2.18. The average Bonchev–Trinajstić information content (AvgIpc) is 3.31. The van der Waals surface area contributed by atoms with Crippen molar-refractivity contribution < 1.29 is 13.2 Å². The first-order chi connectivity index (χ1) is 14.5. The standard InChI is InChI=1S/C22H18N4O3S/c27-21(24-18-7-1-4-16(12-18)13-25-11-10-23-15-25)14-26-19-8-2-5-17-6-3-9-20(22(17)19)30(26,28)29/h1-12,15H,13-14H2,(H,24,27). The number of nitrogens with one attached hydrogen (secondary N) is 1. The molecule has 1 aliphatic heterocycles. The average molecular weight is 418 g/mol. The van der Waals surface area contributed by atoms with Gasteiger partial charge in [0, 0.05) is 30.0 Å². The summed E-state index contributed by atoms with van der Waals surface area (Å²) in [5.41, 5.74) is 2.15. The predicted molar refractivity (Wildman–Crippen MR) is 115 cm³/mol. The van der Waals surface area contributed by atoms with Crippen molar-refractivity contribution in [2.75, 3.05) is 16.2 Å². The van der Waals surface area contributed by atoms with Gasteiger partial charge in [0.2, 0.25) is 5.91 Å². The zero-order valence-corrected chi connectivity index (χ0v) is 16.7. The number of carbonyl (C=O) groups excluding carboxylic acids is 1. The van der Waals surface area contributed by atoms with Gasteiger partial charge in [0.15, 0.2) is 0 Å². The van der Waals surface area contributed by atoms with Crippen molar-refractivity contribution in [2.24, 2.45) is 0 Å². The van der Waals surface area contributed by atoms with Crippen LogP contribution in [0, 0.1) is 0 Å². The Labute approximate surface area is 173 Å². The van der Waals surface area contributed by atoms with Crippen molar-refractivity contribution in [1.29, 1.82) is 0 Å². The number of hydrogen-bond donors (Lipinski definition) is 1. The monoisotopic (exact) mass is 418 g/mol. The fourth-order valence-corrected chi connectivity index (χ4v) is 5.46. The number of amides is 1. The normalized spacial score (nSPS) is 14.2. The summed E-state index contributed by atoms with van der Waals surface area (Å²) < 4.78 is 29.1. The van der Waals surface area contributed by atoms with Crippen LogP contribution in [-0.2, 0) is 21.4 Å². The number of sulfonamides is 1. The van der Waals surface area contributed by atoms with Gasteiger partial charge in [-0.3, -0.25) is 9.10 Å². The molecule has 1 aliphatic rings. The molecule has 5 rings (SSSR count). The molecule has 0 unspecified atom stereocenters. The second-order valence-electron chi connectivity index (χ2n) is 7.13. The third-order valence-corrected chi connectivity index (χ3v) is 6.91. The summed E-state index contributed by atoms with van der Waals surface area (Å²) in [4.78, 5) is 17.0. The molecule has 0 radical (unpaired) electrons. The Kier molecular flexibility index (Phi) is 4.29. The quantitative estimate of drug-likeness (QED) is 0.539. The number of benzene rings is 3. The van der Waals surface area contributed by atoms with Gasteiger partial charge in [-0.2, -0.15) is 0 Å². The van der Waals surface area contributed by atoms with Gasteiger partial charge in [-0.25, -0.2) is 13.4 Å². The second kappa shape index (κ2) is 7.00. The van der Waals surface area contributed by atoms with Gasteiger partial charge in [0.05, 0.1) is 16.9 Å². The summed E-state index contributed by atoms with van der Waals surface area (Å²) in [6.07, 6.45) is 5.30. The fraction of sp³-hybridized carbons (Fsp3) is 0.0909. The van der Waals surface area contributed by atoms with E-state index in [0.29, 0.717) is 23.3 Å². The van der Waals surface area contributed by atoms with Gasteiger partial charge >= 0.3 is 0 Å². The van der Waals surface area contributed by atoms with E-state index in [9.17, 15) is 13.2 Å². The lowest BCUT2D eigenvalue weighted by atomic mass is 10.1. The van der Waals surface area contributed by atoms with Crippen molar-refractivity contribution in [3.05, 3.63) is 84.9 Å². The van der Waals surface area contributed by atoms with Gasteiger partial charge in [-0.05, 0) is 35.2 Å². The van der Waals surface area contributed by atoms with Crippen LogP contribution in [0.15, 0.2) is 84.3 Å². The van der Waals surface area contributed by atoms with Crippen molar-refractivity contribution in [3.63, 3.8) is 0 Å². The molecule has 0 saturated heterocycles. The number of anilines is 2. The molecule has 0 fully saturated rings. The Morgan fingerprint density at radius 3 is 2.63 bits per heavy atom. The third kappa shape index (κ3) is 3.11. The van der Waals surface area contributed by atoms with Crippen molar-refractivity contribution in [3.8, 4) is 0 Å². The smallest absolute Gasteiger partial charge is 0.265 e. The summed E-state index contributed by atoms with van der Waals surface area (Å²) >= 11 is 0. The Bertz CT molecular complexity index is 1360. The van der Waals surface area contributed by atoms with Crippen LogP contribution in [-0.4, -0.2) is 30.4 Å². The number of carbonyl (C=O) groups is 1. The highest BCUT2D eigenvalue weighted by atomic mass is 32.2. The van der Waals surface area contributed by atoms with Gasteiger partial charge in [0.1, 0.15) is 6.54 Å². The van der Waals surface area contributed by atoms with E-state index in [0.717, 1.165) is 10.9 Å². The first-order valence-electron chi connectivity index (χ1n) is 9.41. The minimum Gasteiger partial charge on any atom is -0.333 e. The van der Waals surface area contributed by atoms with E-state index < -0.39 is 15.9 Å². The number of imidazole rings is 1. The summed E-state index contributed by atoms with van der Waals surface area (Å²) in [6, 6.07) is 18.0. The molecule has 1 aromatic heterocycles. The molecule has 0 saturated carbocycles. The van der Waals surface area contributed by atoms with Crippen molar-refractivity contribution in [2.45, 2.75) is 11.4 Å². The van der Waals surface area contributed by atoms with Gasteiger partial charge in [0.25, 0.3) is 10.0 Å². The van der Waals surface area contributed by atoms with Crippen LogP contribution < -0.4 is 9.62 Å². The Balaban J connectivity index is 1.37. The van der Waals surface area contributed by atoms with Gasteiger partial charge < -0.3 is 9.88 Å². The lowest BCUT2D eigenvalue weighted by molar-refractivity contribution is -0.114. The zero-order valence-electron chi connectivity index (χ0n) is 15.9. The van der Waals surface area contributed by atoms with E-state index in [1.54, 1.807) is 42.9 Å². The Morgan fingerprint density at radius 2 is 1.83 bits per heavy atom. The Hall–Kier alpha value is -3.65. The molecular formula is C22H18N4O3S.